The van der Waals surface area contributed by atoms with E-state index in [0.29, 0.717) is 16.9 Å². The van der Waals surface area contributed by atoms with Crippen molar-refractivity contribution >= 4 is 28.9 Å². The first-order valence-corrected chi connectivity index (χ1v) is 8.30. The molecule has 5 rings (SSSR count). The van der Waals surface area contributed by atoms with Crippen LogP contribution in [0.25, 0.3) is 0 Å². The first kappa shape index (κ1) is 14.5. The Kier molecular flexibility index (Phi) is 3.49. The Labute approximate surface area is 139 Å². The van der Waals surface area contributed by atoms with E-state index in [-0.39, 0.29) is 5.69 Å². The summed E-state index contributed by atoms with van der Waals surface area (Å²) in [5.74, 6) is -0.171. The van der Waals surface area contributed by atoms with Gasteiger partial charge in [-0.15, -0.1) is 0 Å². The van der Waals surface area contributed by atoms with Crippen molar-refractivity contribution in [3.05, 3.63) is 52.3 Å². The molecule has 1 aromatic carbocycles. The molecular weight excluding hydrogens is 312 g/mol. The number of carboxylic acids is 1. The third-order valence-corrected chi connectivity index (χ3v) is 5.24. The van der Waals surface area contributed by atoms with Crippen LogP contribution in [-0.2, 0) is 0 Å². The summed E-state index contributed by atoms with van der Waals surface area (Å²) in [4.78, 5) is 15.8. The Morgan fingerprint density at radius 1 is 1.17 bits per heavy atom. The van der Waals surface area contributed by atoms with Crippen molar-refractivity contribution in [2.75, 3.05) is 5.32 Å². The molecule has 0 saturated heterocycles. The number of fused-ring (bicyclic) bond motifs is 2. The number of carboxylic acid groups (broad SMARTS) is 1. The molecule has 2 aromatic rings. The molecule has 0 spiro atoms. The summed E-state index contributed by atoms with van der Waals surface area (Å²) in [5.41, 5.74) is 4.14. The number of carbonyl (C=O) groups is 1. The zero-order chi connectivity index (χ0) is 16.0. The highest BCUT2D eigenvalue weighted by Gasteiger charge is 2.38. The van der Waals surface area contributed by atoms with Crippen molar-refractivity contribution in [3.8, 4) is 0 Å². The predicted octanol–water partition coefficient (Wildman–Crippen LogP) is 4.93. The summed E-state index contributed by atoms with van der Waals surface area (Å²) in [6.07, 6.45) is 6.06. The lowest BCUT2D eigenvalue weighted by Gasteiger charge is -2.39. The maximum atomic E-state index is 11.6. The Balaban J connectivity index is 1.83. The number of anilines is 2. The number of aromatic carboxylic acids is 1. The third-order valence-electron chi connectivity index (χ3n) is 5.01. The van der Waals surface area contributed by atoms with Gasteiger partial charge in [0.1, 0.15) is 0 Å². The summed E-state index contributed by atoms with van der Waals surface area (Å²) in [6.45, 7) is 0. The highest BCUT2D eigenvalue weighted by molar-refractivity contribution is 6.30. The molecule has 0 amide bonds. The molecule has 0 radical (unpaired) electrons. The Morgan fingerprint density at radius 2 is 1.87 bits per heavy atom. The van der Waals surface area contributed by atoms with Gasteiger partial charge < -0.3 is 10.4 Å². The largest absolute Gasteiger partial charge is 0.477 e. The first-order valence-electron chi connectivity index (χ1n) is 7.92. The number of nitrogens with one attached hydrogen (secondary N) is 1. The fraction of sp³-hybridized carbons (Fsp3) is 0.333. The number of halogens is 1. The van der Waals surface area contributed by atoms with E-state index in [0.717, 1.165) is 48.2 Å². The summed E-state index contributed by atoms with van der Waals surface area (Å²) in [6, 6.07) is 7.53. The highest BCUT2D eigenvalue weighted by Crippen LogP contribution is 2.52. The van der Waals surface area contributed by atoms with Crippen LogP contribution < -0.4 is 5.32 Å². The standard InChI is InChI=1S/C18H17ClN2O2/c19-12-2-1-3-13(8-12)21-14-9-20-17(18(22)23)16-11-6-4-10(5-7-11)15(14)16/h1-3,8-11,21H,4-7H2,(H,22,23). The van der Waals surface area contributed by atoms with Crippen LogP contribution in [0.15, 0.2) is 30.5 Å². The van der Waals surface area contributed by atoms with Crippen molar-refractivity contribution in [3.63, 3.8) is 0 Å². The van der Waals surface area contributed by atoms with E-state index in [1.54, 1.807) is 6.20 Å². The van der Waals surface area contributed by atoms with Gasteiger partial charge in [0, 0.05) is 10.7 Å². The summed E-state index contributed by atoms with van der Waals surface area (Å²) in [5, 5.41) is 13.5. The van der Waals surface area contributed by atoms with Gasteiger partial charge in [-0.1, -0.05) is 17.7 Å². The lowest BCUT2D eigenvalue weighted by Crippen LogP contribution is -2.26. The van der Waals surface area contributed by atoms with Gasteiger partial charge in [0.25, 0.3) is 0 Å². The van der Waals surface area contributed by atoms with Crippen LogP contribution in [0.4, 0.5) is 11.4 Å². The monoisotopic (exact) mass is 328 g/mol. The summed E-state index contributed by atoms with van der Waals surface area (Å²) in [7, 11) is 0. The number of pyridine rings is 1. The average Bonchev–Trinajstić information content (AvgIpc) is 2.56. The molecule has 3 aliphatic carbocycles. The van der Waals surface area contributed by atoms with Gasteiger partial charge in [0.15, 0.2) is 5.69 Å². The minimum atomic E-state index is -0.928. The van der Waals surface area contributed by atoms with Gasteiger partial charge in [-0.2, -0.15) is 0 Å². The minimum Gasteiger partial charge on any atom is -0.477 e. The van der Waals surface area contributed by atoms with Gasteiger partial charge in [0.2, 0.25) is 0 Å². The molecule has 0 unspecified atom stereocenters. The van der Waals surface area contributed by atoms with Gasteiger partial charge in [-0.3, -0.25) is 0 Å². The fourth-order valence-corrected chi connectivity index (χ4v) is 4.25. The molecule has 1 saturated carbocycles. The average molecular weight is 329 g/mol. The SMILES string of the molecule is O=C(O)c1ncc(Nc2cccc(Cl)c2)c2c1C1CCC2CC1. The number of aromatic nitrogens is 1. The normalized spacial score (nSPS) is 21.8. The quantitative estimate of drug-likeness (QED) is 0.838. The zero-order valence-electron chi connectivity index (χ0n) is 12.6. The van der Waals surface area contributed by atoms with E-state index < -0.39 is 5.97 Å². The van der Waals surface area contributed by atoms with Crippen LogP contribution in [0.1, 0.15) is 59.1 Å². The molecule has 118 valence electrons. The molecule has 4 nitrogen and oxygen atoms in total. The van der Waals surface area contributed by atoms with E-state index >= 15 is 0 Å². The molecule has 3 aliphatic rings. The van der Waals surface area contributed by atoms with Crippen molar-refractivity contribution < 1.29 is 9.90 Å². The fourth-order valence-electron chi connectivity index (χ4n) is 4.06. The number of benzene rings is 1. The van der Waals surface area contributed by atoms with E-state index in [4.69, 9.17) is 11.6 Å². The van der Waals surface area contributed by atoms with Crippen LogP contribution in [0.5, 0.6) is 0 Å². The molecule has 1 fully saturated rings. The lowest BCUT2D eigenvalue weighted by atomic mass is 9.66. The highest BCUT2D eigenvalue weighted by atomic mass is 35.5. The van der Waals surface area contributed by atoms with E-state index in [1.165, 1.54) is 0 Å². The maximum Gasteiger partial charge on any atom is 0.354 e. The van der Waals surface area contributed by atoms with Crippen molar-refractivity contribution in [2.45, 2.75) is 37.5 Å². The van der Waals surface area contributed by atoms with E-state index in [9.17, 15) is 9.90 Å². The summed E-state index contributed by atoms with van der Waals surface area (Å²) < 4.78 is 0. The predicted molar refractivity (Wildman–Crippen MR) is 89.9 cm³/mol. The van der Waals surface area contributed by atoms with Crippen molar-refractivity contribution in [1.29, 1.82) is 0 Å². The maximum absolute atomic E-state index is 11.6. The second-order valence-corrected chi connectivity index (χ2v) is 6.77. The third kappa shape index (κ3) is 2.47. The second kappa shape index (κ2) is 5.53. The Morgan fingerprint density at radius 3 is 2.52 bits per heavy atom. The molecule has 2 bridgehead atoms. The van der Waals surface area contributed by atoms with Gasteiger partial charge >= 0.3 is 5.97 Å². The number of hydrogen-bond acceptors (Lipinski definition) is 3. The van der Waals surface area contributed by atoms with E-state index in [2.05, 4.69) is 10.3 Å². The molecule has 0 atom stereocenters. The van der Waals surface area contributed by atoms with Gasteiger partial charge in [-0.05, 0) is 66.8 Å². The topological polar surface area (TPSA) is 62.2 Å². The smallest absolute Gasteiger partial charge is 0.354 e. The molecule has 1 aromatic heterocycles. The van der Waals surface area contributed by atoms with Gasteiger partial charge in [0.05, 0.1) is 11.9 Å². The molecular formula is C18H17ClN2O2. The zero-order valence-corrected chi connectivity index (χ0v) is 13.3. The van der Waals surface area contributed by atoms with Crippen molar-refractivity contribution in [2.24, 2.45) is 0 Å². The minimum absolute atomic E-state index is 0.228. The second-order valence-electron chi connectivity index (χ2n) is 6.34. The molecule has 2 N–H and O–H groups in total. The van der Waals surface area contributed by atoms with Crippen molar-refractivity contribution in [1.82, 2.24) is 4.98 Å². The lowest BCUT2D eigenvalue weighted by molar-refractivity contribution is 0.0687. The van der Waals surface area contributed by atoms with Crippen LogP contribution in [0.3, 0.4) is 0 Å². The first-order chi connectivity index (χ1) is 11.1. The Hall–Kier alpha value is -2.07. The van der Waals surface area contributed by atoms with E-state index in [1.807, 2.05) is 24.3 Å². The van der Waals surface area contributed by atoms with Crippen LogP contribution in [0.2, 0.25) is 5.02 Å². The molecule has 23 heavy (non-hydrogen) atoms. The summed E-state index contributed by atoms with van der Waals surface area (Å²) >= 11 is 6.05. The van der Waals surface area contributed by atoms with Crippen LogP contribution >= 0.6 is 11.6 Å². The number of rotatable bonds is 3. The van der Waals surface area contributed by atoms with Gasteiger partial charge in [-0.25, -0.2) is 9.78 Å². The Bertz CT molecular complexity index is 783. The molecule has 1 heterocycles. The number of nitrogens with zero attached hydrogens (tertiary/aromatic N) is 1. The number of hydrogen-bond donors (Lipinski definition) is 2. The molecule has 5 heteroatoms. The van der Waals surface area contributed by atoms with Crippen LogP contribution in [-0.4, -0.2) is 16.1 Å². The van der Waals surface area contributed by atoms with Crippen LogP contribution in [0, 0.1) is 0 Å². The molecule has 0 aliphatic heterocycles.